The normalized spacial score (nSPS) is 11.2. The van der Waals surface area contributed by atoms with Gasteiger partial charge in [0.25, 0.3) is 0 Å². The number of carbonyl (C=O) groups is 1. The Balaban J connectivity index is 1.73. The Bertz CT molecular complexity index is 673. The van der Waals surface area contributed by atoms with Crippen LogP contribution in [0, 0.1) is 6.92 Å². The lowest BCUT2D eigenvalue weighted by molar-refractivity contribution is -0.116. The Morgan fingerprint density at radius 1 is 1.17 bits per heavy atom. The van der Waals surface area contributed by atoms with E-state index in [1.165, 1.54) is 5.56 Å². The third-order valence-corrected chi connectivity index (χ3v) is 3.82. The molecule has 128 valence electrons. The molecule has 0 aliphatic heterocycles. The van der Waals surface area contributed by atoms with Crippen molar-refractivity contribution in [3.63, 3.8) is 0 Å². The molecule has 2 aromatic rings. The van der Waals surface area contributed by atoms with Crippen LogP contribution in [0.3, 0.4) is 0 Å². The largest absolute Gasteiger partial charge is 0.494 e. The van der Waals surface area contributed by atoms with Gasteiger partial charge in [-0.05, 0) is 48.6 Å². The molecule has 0 fully saturated rings. The average Bonchev–Trinajstić information content (AvgIpc) is 2.53. The smallest absolute Gasteiger partial charge is 0.224 e. The van der Waals surface area contributed by atoms with E-state index in [0.29, 0.717) is 19.4 Å². The van der Waals surface area contributed by atoms with Crippen molar-refractivity contribution >= 4 is 11.6 Å². The van der Waals surface area contributed by atoms with Gasteiger partial charge in [0, 0.05) is 12.6 Å². The maximum atomic E-state index is 11.9. The van der Waals surface area contributed by atoms with E-state index in [0.717, 1.165) is 17.1 Å². The summed E-state index contributed by atoms with van der Waals surface area (Å²) in [4.78, 5) is 16.1. The van der Waals surface area contributed by atoms with Gasteiger partial charge in [-0.2, -0.15) is 0 Å². The molecule has 0 radical (unpaired) electrons. The van der Waals surface area contributed by atoms with E-state index in [1.807, 2.05) is 31.2 Å². The zero-order valence-corrected chi connectivity index (χ0v) is 14.9. The van der Waals surface area contributed by atoms with Gasteiger partial charge in [0.15, 0.2) is 0 Å². The van der Waals surface area contributed by atoms with Gasteiger partial charge in [-0.25, -0.2) is 0 Å². The summed E-state index contributed by atoms with van der Waals surface area (Å²) in [5, 5.41) is 2.88. The molecular formula is C20H26N2O2. The lowest BCUT2D eigenvalue weighted by atomic mass is 9.87. The number of carbonyl (C=O) groups excluding carboxylic acids is 1. The van der Waals surface area contributed by atoms with E-state index < -0.39 is 0 Å². The van der Waals surface area contributed by atoms with Gasteiger partial charge in [0.2, 0.25) is 5.91 Å². The summed E-state index contributed by atoms with van der Waals surface area (Å²) >= 11 is 0. The number of nitrogens with zero attached hydrogens (tertiary/aromatic N) is 1. The van der Waals surface area contributed by atoms with E-state index in [2.05, 4.69) is 43.2 Å². The monoisotopic (exact) mass is 326 g/mol. The summed E-state index contributed by atoms with van der Waals surface area (Å²) in [6.45, 7) is 8.95. The van der Waals surface area contributed by atoms with E-state index in [4.69, 9.17) is 4.74 Å². The van der Waals surface area contributed by atoms with Crippen molar-refractivity contribution in [1.82, 2.24) is 4.98 Å². The summed E-state index contributed by atoms with van der Waals surface area (Å²) in [6, 6.07) is 11.8. The van der Waals surface area contributed by atoms with Crippen LogP contribution in [0.25, 0.3) is 0 Å². The highest BCUT2D eigenvalue weighted by molar-refractivity contribution is 5.91. The minimum atomic E-state index is -0.0159. The third kappa shape index (κ3) is 5.37. The third-order valence-electron chi connectivity index (χ3n) is 3.82. The minimum absolute atomic E-state index is 0.0159. The molecule has 1 aromatic carbocycles. The Morgan fingerprint density at radius 2 is 1.88 bits per heavy atom. The van der Waals surface area contributed by atoms with Crippen LogP contribution in [0.2, 0.25) is 0 Å². The molecule has 0 atom stereocenters. The van der Waals surface area contributed by atoms with Crippen molar-refractivity contribution in [2.24, 2.45) is 0 Å². The molecule has 0 aliphatic rings. The second-order valence-electron chi connectivity index (χ2n) is 6.91. The van der Waals surface area contributed by atoms with Gasteiger partial charge in [-0.3, -0.25) is 9.78 Å². The van der Waals surface area contributed by atoms with E-state index in [9.17, 15) is 4.79 Å². The maximum Gasteiger partial charge on any atom is 0.224 e. The predicted octanol–water partition coefficient (Wildman–Crippen LogP) is 4.49. The number of hydrogen-bond acceptors (Lipinski definition) is 3. The van der Waals surface area contributed by atoms with E-state index in [-0.39, 0.29) is 11.3 Å². The number of amides is 1. The first kappa shape index (κ1) is 18.0. The second-order valence-corrected chi connectivity index (χ2v) is 6.91. The highest BCUT2D eigenvalue weighted by Crippen LogP contribution is 2.24. The average molecular weight is 326 g/mol. The summed E-state index contributed by atoms with van der Waals surface area (Å²) in [5.74, 6) is 0.823. The van der Waals surface area contributed by atoms with Crippen molar-refractivity contribution in [1.29, 1.82) is 0 Å². The molecule has 0 bridgehead atoms. The molecule has 1 heterocycles. The summed E-state index contributed by atoms with van der Waals surface area (Å²) < 4.78 is 5.71. The fraction of sp³-hybridized carbons (Fsp3) is 0.400. The Morgan fingerprint density at radius 3 is 2.50 bits per heavy atom. The molecule has 1 amide bonds. The topological polar surface area (TPSA) is 51.2 Å². The Labute approximate surface area is 144 Å². The van der Waals surface area contributed by atoms with Crippen LogP contribution in [0.5, 0.6) is 5.75 Å². The van der Waals surface area contributed by atoms with E-state index in [1.54, 1.807) is 6.20 Å². The molecule has 4 nitrogen and oxygen atoms in total. The van der Waals surface area contributed by atoms with Crippen molar-refractivity contribution < 1.29 is 9.53 Å². The molecule has 2 rings (SSSR count). The number of aromatic nitrogens is 1. The SMILES string of the molecule is Cc1ncccc1NC(=O)CCCOc1ccc(C(C)(C)C)cc1. The number of nitrogens with one attached hydrogen (secondary N) is 1. The summed E-state index contributed by atoms with van der Waals surface area (Å²) in [7, 11) is 0. The minimum Gasteiger partial charge on any atom is -0.494 e. The number of anilines is 1. The number of benzene rings is 1. The highest BCUT2D eigenvalue weighted by atomic mass is 16.5. The quantitative estimate of drug-likeness (QED) is 0.796. The van der Waals surface area contributed by atoms with Crippen molar-refractivity contribution in [2.45, 2.75) is 46.0 Å². The number of pyridine rings is 1. The molecular weight excluding hydrogens is 300 g/mol. The fourth-order valence-electron chi connectivity index (χ4n) is 2.30. The van der Waals surface area contributed by atoms with Crippen LogP contribution in [0.1, 0.15) is 44.9 Å². The van der Waals surface area contributed by atoms with Gasteiger partial charge in [0.1, 0.15) is 5.75 Å². The molecule has 24 heavy (non-hydrogen) atoms. The van der Waals surface area contributed by atoms with Crippen LogP contribution in [0.15, 0.2) is 42.6 Å². The highest BCUT2D eigenvalue weighted by Gasteiger charge is 2.13. The summed E-state index contributed by atoms with van der Waals surface area (Å²) in [5.41, 5.74) is 3.00. The van der Waals surface area contributed by atoms with Crippen molar-refractivity contribution in [3.05, 3.63) is 53.9 Å². The first-order valence-electron chi connectivity index (χ1n) is 8.31. The van der Waals surface area contributed by atoms with Gasteiger partial charge in [-0.15, -0.1) is 0 Å². The van der Waals surface area contributed by atoms with Crippen molar-refractivity contribution in [3.8, 4) is 5.75 Å². The fourth-order valence-corrected chi connectivity index (χ4v) is 2.30. The first-order chi connectivity index (χ1) is 11.4. The number of rotatable bonds is 6. The van der Waals surface area contributed by atoms with Crippen LogP contribution in [0.4, 0.5) is 5.69 Å². The second kappa shape index (κ2) is 7.95. The van der Waals surface area contributed by atoms with Crippen molar-refractivity contribution in [2.75, 3.05) is 11.9 Å². The first-order valence-corrected chi connectivity index (χ1v) is 8.31. The lowest BCUT2D eigenvalue weighted by Crippen LogP contribution is -2.14. The van der Waals surface area contributed by atoms with Gasteiger partial charge in [0.05, 0.1) is 18.0 Å². The van der Waals surface area contributed by atoms with Gasteiger partial charge in [-0.1, -0.05) is 32.9 Å². The van der Waals surface area contributed by atoms with E-state index >= 15 is 0 Å². The zero-order chi connectivity index (χ0) is 17.6. The molecule has 1 N–H and O–H groups in total. The number of hydrogen-bond donors (Lipinski definition) is 1. The van der Waals surface area contributed by atoms with Gasteiger partial charge < -0.3 is 10.1 Å². The van der Waals surface area contributed by atoms with Crippen LogP contribution < -0.4 is 10.1 Å². The number of aryl methyl sites for hydroxylation is 1. The molecule has 4 heteroatoms. The van der Waals surface area contributed by atoms with Crippen LogP contribution >= 0.6 is 0 Å². The summed E-state index contributed by atoms with van der Waals surface area (Å²) in [6.07, 6.45) is 2.81. The molecule has 0 spiro atoms. The predicted molar refractivity (Wildman–Crippen MR) is 97.5 cm³/mol. The van der Waals surface area contributed by atoms with Gasteiger partial charge >= 0.3 is 0 Å². The molecule has 0 saturated heterocycles. The Kier molecular flexibility index (Phi) is 5.96. The van der Waals surface area contributed by atoms with Crippen LogP contribution in [-0.2, 0) is 10.2 Å². The number of ether oxygens (including phenoxy) is 1. The Hall–Kier alpha value is -2.36. The molecule has 0 aliphatic carbocycles. The lowest BCUT2D eigenvalue weighted by Gasteiger charge is -2.19. The molecule has 1 aromatic heterocycles. The standard InChI is InChI=1S/C20H26N2O2/c1-15-18(7-5-13-21-15)22-19(23)8-6-14-24-17-11-9-16(10-12-17)20(2,3)4/h5,7,9-13H,6,8,14H2,1-4H3,(H,22,23). The van der Waals surface area contributed by atoms with Crippen LogP contribution in [-0.4, -0.2) is 17.5 Å². The molecule has 0 unspecified atom stereocenters. The maximum absolute atomic E-state index is 11.9. The molecule has 0 saturated carbocycles. The zero-order valence-electron chi connectivity index (χ0n) is 14.9.